The third-order valence-electron chi connectivity index (χ3n) is 1.20. The molecule has 0 aliphatic rings. The van der Waals surface area contributed by atoms with Crippen LogP contribution in [0, 0.1) is 5.92 Å². The molecule has 0 heterocycles. The van der Waals surface area contributed by atoms with E-state index in [4.69, 9.17) is 5.73 Å². The van der Waals surface area contributed by atoms with Gasteiger partial charge in [0.15, 0.2) is 0 Å². The van der Waals surface area contributed by atoms with Crippen LogP contribution in [0.5, 0.6) is 0 Å². The lowest BCUT2D eigenvalue weighted by Gasteiger charge is -2.07. The lowest BCUT2D eigenvalue weighted by molar-refractivity contribution is 0.583. The van der Waals surface area contributed by atoms with E-state index in [2.05, 4.69) is 13.5 Å². The van der Waals surface area contributed by atoms with Crippen LogP contribution < -0.4 is 5.73 Å². The van der Waals surface area contributed by atoms with E-state index in [0.717, 1.165) is 0 Å². The maximum Gasteiger partial charge on any atom is 0.00706 e. The minimum absolute atomic E-state index is 0.248. The van der Waals surface area contributed by atoms with Crippen molar-refractivity contribution in [3.63, 3.8) is 0 Å². The van der Waals surface area contributed by atoms with Gasteiger partial charge in [-0.3, -0.25) is 0 Å². The number of hydrogen-bond acceptors (Lipinski definition) is 1. The van der Waals surface area contributed by atoms with Crippen molar-refractivity contribution in [2.45, 2.75) is 19.9 Å². The molecular weight excluding hydrogens is 86.1 g/mol. The van der Waals surface area contributed by atoms with Gasteiger partial charge in [0.2, 0.25) is 0 Å². The number of hydrogen-bond donors (Lipinski definition) is 1. The second-order valence-electron chi connectivity index (χ2n) is 1.95. The van der Waals surface area contributed by atoms with Gasteiger partial charge >= 0.3 is 0 Å². The van der Waals surface area contributed by atoms with Gasteiger partial charge < -0.3 is 5.73 Å². The van der Waals surface area contributed by atoms with Crippen molar-refractivity contribution in [2.24, 2.45) is 11.7 Å². The summed E-state index contributed by atoms with van der Waals surface area (Å²) in [6, 6.07) is 0.248. The van der Waals surface area contributed by atoms with Crippen LogP contribution in [-0.2, 0) is 0 Å². The SMILES string of the molecule is C=CC(C)[C@H](C)N. The Morgan fingerprint density at radius 1 is 1.57 bits per heavy atom. The molecule has 0 bridgehead atoms. The largest absolute Gasteiger partial charge is 0.327 e. The van der Waals surface area contributed by atoms with Gasteiger partial charge in [-0.1, -0.05) is 13.0 Å². The molecule has 0 saturated heterocycles. The van der Waals surface area contributed by atoms with Crippen molar-refractivity contribution >= 4 is 0 Å². The molecule has 0 spiro atoms. The van der Waals surface area contributed by atoms with Crippen LogP contribution >= 0.6 is 0 Å². The van der Waals surface area contributed by atoms with Crippen molar-refractivity contribution in [1.29, 1.82) is 0 Å². The standard InChI is InChI=1S/C6H13N/c1-4-5(2)6(3)7/h4-6H,1,7H2,2-3H3/t5?,6-/m0/s1. The topological polar surface area (TPSA) is 26.0 Å². The highest BCUT2D eigenvalue weighted by Crippen LogP contribution is 1.97. The Morgan fingerprint density at radius 3 is 2.00 bits per heavy atom. The normalized spacial score (nSPS) is 18.1. The molecule has 7 heavy (non-hydrogen) atoms. The Balaban J connectivity index is 3.33. The third kappa shape index (κ3) is 2.40. The molecule has 2 N–H and O–H groups in total. The van der Waals surface area contributed by atoms with Crippen molar-refractivity contribution < 1.29 is 0 Å². The average Bonchev–Trinajstić information content (AvgIpc) is 1.65. The van der Waals surface area contributed by atoms with Gasteiger partial charge in [0.25, 0.3) is 0 Å². The van der Waals surface area contributed by atoms with E-state index in [9.17, 15) is 0 Å². The first-order valence-corrected chi connectivity index (χ1v) is 2.56. The summed E-state index contributed by atoms with van der Waals surface area (Å²) in [6.07, 6.45) is 1.87. The zero-order valence-corrected chi connectivity index (χ0v) is 5.02. The zero-order valence-electron chi connectivity index (χ0n) is 5.02. The fraction of sp³-hybridized carbons (Fsp3) is 0.667. The van der Waals surface area contributed by atoms with Gasteiger partial charge in [-0.25, -0.2) is 0 Å². The summed E-state index contributed by atoms with van der Waals surface area (Å²) in [5, 5.41) is 0. The number of nitrogens with two attached hydrogens (primary N) is 1. The second kappa shape index (κ2) is 2.80. The highest BCUT2D eigenvalue weighted by molar-refractivity contribution is 4.80. The summed E-state index contributed by atoms with van der Waals surface area (Å²) >= 11 is 0. The van der Waals surface area contributed by atoms with Gasteiger partial charge in [0.1, 0.15) is 0 Å². The van der Waals surface area contributed by atoms with Crippen molar-refractivity contribution in [3.05, 3.63) is 12.7 Å². The summed E-state index contributed by atoms with van der Waals surface area (Å²) in [6.45, 7) is 7.63. The molecule has 0 fully saturated rings. The van der Waals surface area contributed by atoms with E-state index < -0.39 is 0 Å². The van der Waals surface area contributed by atoms with E-state index in [1.54, 1.807) is 0 Å². The maximum absolute atomic E-state index is 5.48. The van der Waals surface area contributed by atoms with Crippen molar-refractivity contribution in [1.82, 2.24) is 0 Å². The van der Waals surface area contributed by atoms with E-state index in [0.29, 0.717) is 5.92 Å². The van der Waals surface area contributed by atoms with Crippen LogP contribution in [0.1, 0.15) is 13.8 Å². The monoisotopic (exact) mass is 99.1 g/mol. The lowest BCUT2D eigenvalue weighted by Crippen LogP contribution is -2.22. The van der Waals surface area contributed by atoms with Gasteiger partial charge in [-0.05, 0) is 12.8 Å². The maximum atomic E-state index is 5.48. The fourth-order valence-corrected chi connectivity index (χ4v) is 0.215. The van der Waals surface area contributed by atoms with Crippen LogP contribution in [0.25, 0.3) is 0 Å². The number of rotatable bonds is 2. The van der Waals surface area contributed by atoms with Crippen LogP contribution in [0.15, 0.2) is 12.7 Å². The van der Waals surface area contributed by atoms with Crippen LogP contribution in [-0.4, -0.2) is 6.04 Å². The van der Waals surface area contributed by atoms with E-state index >= 15 is 0 Å². The Hall–Kier alpha value is -0.300. The van der Waals surface area contributed by atoms with Crippen molar-refractivity contribution in [3.8, 4) is 0 Å². The molecule has 0 amide bonds. The molecule has 2 atom stereocenters. The first kappa shape index (κ1) is 6.70. The summed E-state index contributed by atoms with van der Waals surface area (Å²) in [5.74, 6) is 0.444. The van der Waals surface area contributed by atoms with Gasteiger partial charge in [-0.15, -0.1) is 6.58 Å². The summed E-state index contributed by atoms with van der Waals surface area (Å²) < 4.78 is 0. The molecule has 1 nitrogen and oxygen atoms in total. The molecule has 0 aliphatic carbocycles. The molecule has 0 rings (SSSR count). The molecular formula is C6H13N. The predicted molar refractivity (Wildman–Crippen MR) is 33.0 cm³/mol. The highest BCUT2D eigenvalue weighted by atomic mass is 14.6. The highest BCUT2D eigenvalue weighted by Gasteiger charge is 1.98. The van der Waals surface area contributed by atoms with Crippen LogP contribution in [0.3, 0.4) is 0 Å². The Bertz CT molecular complexity index is 57.2. The minimum Gasteiger partial charge on any atom is -0.327 e. The van der Waals surface area contributed by atoms with Gasteiger partial charge in [0, 0.05) is 6.04 Å². The Morgan fingerprint density at radius 2 is 2.00 bits per heavy atom. The molecule has 1 unspecified atom stereocenters. The lowest BCUT2D eigenvalue weighted by atomic mass is 10.1. The first-order valence-electron chi connectivity index (χ1n) is 2.56. The molecule has 0 aromatic rings. The smallest absolute Gasteiger partial charge is 0.00706 e. The second-order valence-corrected chi connectivity index (χ2v) is 1.95. The molecule has 42 valence electrons. The molecule has 0 aromatic heterocycles. The Kier molecular flexibility index (Phi) is 2.68. The minimum atomic E-state index is 0.248. The van der Waals surface area contributed by atoms with E-state index in [-0.39, 0.29) is 6.04 Å². The zero-order chi connectivity index (χ0) is 5.86. The quantitative estimate of drug-likeness (QED) is 0.516. The predicted octanol–water partition coefficient (Wildman–Crippen LogP) is 1.16. The molecule has 0 saturated carbocycles. The molecule has 0 aromatic carbocycles. The molecule has 0 radical (unpaired) electrons. The van der Waals surface area contributed by atoms with Gasteiger partial charge in [-0.2, -0.15) is 0 Å². The molecule has 1 heteroatoms. The first-order chi connectivity index (χ1) is 3.18. The summed E-state index contributed by atoms with van der Waals surface area (Å²) in [5.41, 5.74) is 5.48. The Labute approximate surface area is 45.2 Å². The van der Waals surface area contributed by atoms with Crippen LogP contribution in [0.2, 0.25) is 0 Å². The van der Waals surface area contributed by atoms with E-state index in [1.807, 2.05) is 13.0 Å². The van der Waals surface area contributed by atoms with Crippen LogP contribution in [0.4, 0.5) is 0 Å². The average molecular weight is 99.2 g/mol. The summed E-state index contributed by atoms with van der Waals surface area (Å²) in [7, 11) is 0. The van der Waals surface area contributed by atoms with Gasteiger partial charge in [0.05, 0.1) is 0 Å². The fourth-order valence-electron chi connectivity index (χ4n) is 0.215. The van der Waals surface area contributed by atoms with Crippen molar-refractivity contribution in [2.75, 3.05) is 0 Å². The summed E-state index contributed by atoms with van der Waals surface area (Å²) in [4.78, 5) is 0. The third-order valence-corrected chi connectivity index (χ3v) is 1.20. The van der Waals surface area contributed by atoms with E-state index in [1.165, 1.54) is 0 Å². The molecule has 0 aliphatic heterocycles.